The Kier molecular flexibility index (Phi) is 4.89. The third-order valence-corrected chi connectivity index (χ3v) is 5.98. The van der Waals surface area contributed by atoms with Crippen LogP contribution in [0.2, 0.25) is 0 Å². The van der Waals surface area contributed by atoms with E-state index >= 15 is 0 Å². The highest BCUT2D eigenvalue weighted by Gasteiger charge is 2.23. The predicted octanol–water partition coefficient (Wildman–Crippen LogP) is 4.86. The molecule has 2 N–H and O–H groups in total. The number of nitrogens with two attached hydrogens (primary N) is 1. The summed E-state index contributed by atoms with van der Waals surface area (Å²) in [6.45, 7) is 1.85. The van der Waals surface area contributed by atoms with Crippen LogP contribution in [0.4, 0.5) is 20.2 Å². The molecule has 0 radical (unpaired) electrons. The summed E-state index contributed by atoms with van der Waals surface area (Å²) in [6, 6.07) is 15.7. The largest absolute Gasteiger partial charge is 0.421 e. The van der Waals surface area contributed by atoms with E-state index in [9.17, 15) is 8.78 Å². The molecule has 0 saturated heterocycles. The van der Waals surface area contributed by atoms with Gasteiger partial charge in [0.2, 0.25) is 11.8 Å². The van der Waals surface area contributed by atoms with E-state index < -0.39 is 17.8 Å². The van der Waals surface area contributed by atoms with Crippen molar-refractivity contribution in [2.24, 2.45) is 10.7 Å². The third kappa shape index (κ3) is 3.64. The normalized spacial score (nSPS) is 15.1. The number of fused-ring (bicyclic) bond motifs is 2. The quantitative estimate of drug-likeness (QED) is 0.402. The minimum atomic E-state index is -0.875. The molecular formula is C25H19F2N7O. The van der Waals surface area contributed by atoms with Gasteiger partial charge in [-0.05, 0) is 42.5 Å². The van der Waals surface area contributed by atoms with Gasteiger partial charge >= 0.3 is 0 Å². The molecule has 0 aliphatic carbocycles. The average Bonchev–Trinajstić information content (AvgIpc) is 3.48. The number of aromatic nitrogens is 4. The molecule has 0 spiro atoms. The first-order valence-electron chi connectivity index (χ1n) is 10.9. The minimum absolute atomic E-state index is 0.118. The summed E-state index contributed by atoms with van der Waals surface area (Å²) in [7, 11) is 0. The van der Waals surface area contributed by atoms with Crippen molar-refractivity contribution in [3.05, 3.63) is 89.4 Å². The van der Waals surface area contributed by atoms with E-state index in [0.717, 1.165) is 39.5 Å². The molecule has 0 bridgehead atoms. The second kappa shape index (κ2) is 8.10. The number of anilines is 2. The number of aryl methyl sites for hydroxylation is 1. The molecule has 10 heteroatoms. The van der Waals surface area contributed by atoms with E-state index in [-0.39, 0.29) is 12.1 Å². The van der Waals surface area contributed by atoms with Gasteiger partial charge in [0, 0.05) is 34.7 Å². The Labute approximate surface area is 198 Å². The molecule has 6 rings (SSSR count). The molecule has 8 nitrogen and oxygen atoms in total. The standard InChI is InChI=1S/C25H19F2N7O/c1-14-31-32-25(35-14)15-5-7-22-19(10-15)24(28)29-13-33(22)18-6-8-21-17(9-18)11-30-34(21)12-16-3-2-4-20(26)23(16)27/h2-11,13,24H,12,28H2,1H3. The van der Waals surface area contributed by atoms with Crippen LogP contribution < -0.4 is 10.6 Å². The van der Waals surface area contributed by atoms with Crippen molar-refractivity contribution in [3.63, 3.8) is 0 Å². The van der Waals surface area contributed by atoms with Crippen LogP contribution in [-0.2, 0) is 6.54 Å². The summed E-state index contributed by atoms with van der Waals surface area (Å²) in [6.07, 6.45) is 2.86. The van der Waals surface area contributed by atoms with Crippen LogP contribution in [0.3, 0.4) is 0 Å². The van der Waals surface area contributed by atoms with Crippen molar-refractivity contribution in [2.45, 2.75) is 19.6 Å². The van der Waals surface area contributed by atoms with E-state index in [1.807, 2.05) is 41.3 Å². The molecule has 0 amide bonds. The highest BCUT2D eigenvalue weighted by Crippen LogP contribution is 2.37. The van der Waals surface area contributed by atoms with E-state index in [4.69, 9.17) is 10.2 Å². The van der Waals surface area contributed by atoms with Crippen LogP contribution in [-0.4, -0.2) is 26.3 Å². The predicted molar refractivity (Wildman–Crippen MR) is 127 cm³/mol. The van der Waals surface area contributed by atoms with Gasteiger partial charge in [0.25, 0.3) is 0 Å². The Morgan fingerprint density at radius 1 is 1.06 bits per heavy atom. The van der Waals surface area contributed by atoms with Gasteiger partial charge in [-0.15, -0.1) is 10.2 Å². The molecule has 0 saturated carbocycles. The Morgan fingerprint density at radius 2 is 1.94 bits per heavy atom. The number of rotatable bonds is 4. The van der Waals surface area contributed by atoms with Crippen LogP contribution in [0.25, 0.3) is 22.4 Å². The molecule has 3 aromatic carbocycles. The SMILES string of the molecule is Cc1nnc(-c2ccc3c(c2)C(N)N=CN3c2ccc3c(cnn3Cc3cccc(F)c3F)c2)o1. The summed E-state index contributed by atoms with van der Waals surface area (Å²) < 4.78 is 34.9. The lowest BCUT2D eigenvalue weighted by molar-refractivity contribution is 0.493. The van der Waals surface area contributed by atoms with Gasteiger partial charge in [-0.2, -0.15) is 5.10 Å². The number of hydrogen-bond acceptors (Lipinski definition) is 7. The highest BCUT2D eigenvalue weighted by atomic mass is 19.2. The maximum absolute atomic E-state index is 14.2. The molecule has 3 heterocycles. The zero-order valence-corrected chi connectivity index (χ0v) is 18.6. The third-order valence-electron chi connectivity index (χ3n) is 5.98. The topological polar surface area (TPSA) is 98.4 Å². The summed E-state index contributed by atoms with van der Waals surface area (Å²) in [5.41, 5.74) is 10.6. The number of halogens is 2. The zero-order valence-electron chi connectivity index (χ0n) is 18.6. The number of hydrogen-bond donors (Lipinski definition) is 1. The maximum atomic E-state index is 14.2. The fraction of sp³-hybridized carbons (Fsp3) is 0.120. The zero-order chi connectivity index (χ0) is 24.1. The molecule has 1 atom stereocenters. The number of aliphatic imine (C=N–C) groups is 1. The molecule has 2 aromatic heterocycles. The fourth-order valence-electron chi connectivity index (χ4n) is 4.23. The molecule has 174 valence electrons. The molecule has 35 heavy (non-hydrogen) atoms. The number of nitrogens with zero attached hydrogens (tertiary/aromatic N) is 6. The summed E-state index contributed by atoms with van der Waals surface area (Å²) in [4.78, 5) is 6.38. The molecular weight excluding hydrogens is 452 g/mol. The van der Waals surface area contributed by atoms with Crippen molar-refractivity contribution in [1.82, 2.24) is 20.0 Å². The molecule has 0 fully saturated rings. The van der Waals surface area contributed by atoms with Crippen LogP contribution >= 0.6 is 0 Å². The Hall–Kier alpha value is -4.44. The van der Waals surface area contributed by atoms with Crippen molar-refractivity contribution in [3.8, 4) is 11.5 Å². The van der Waals surface area contributed by atoms with Gasteiger partial charge in [0.15, 0.2) is 11.6 Å². The monoisotopic (exact) mass is 471 g/mol. The summed E-state index contributed by atoms with van der Waals surface area (Å²) >= 11 is 0. The first-order chi connectivity index (χ1) is 17.0. The van der Waals surface area contributed by atoms with E-state index in [1.54, 1.807) is 30.2 Å². The molecule has 1 aliphatic rings. The average molecular weight is 471 g/mol. The first kappa shape index (κ1) is 21.1. The maximum Gasteiger partial charge on any atom is 0.247 e. The van der Waals surface area contributed by atoms with Gasteiger partial charge in [-0.25, -0.2) is 8.78 Å². The van der Waals surface area contributed by atoms with Crippen LogP contribution in [0.5, 0.6) is 0 Å². The second-order valence-electron chi connectivity index (χ2n) is 8.24. The summed E-state index contributed by atoms with van der Waals surface area (Å²) in [5.74, 6) is -0.835. The Bertz CT molecular complexity index is 1610. The van der Waals surface area contributed by atoms with E-state index in [2.05, 4.69) is 20.3 Å². The highest BCUT2D eigenvalue weighted by molar-refractivity contribution is 5.96. The lowest BCUT2D eigenvalue weighted by atomic mass is 10.0. The van der Waals surface area contributed by atoms with Crippen molar-refractivity contribution in [1.29, 1.82) is 0 Å². The van der Waals surface area contributed by atoms with Gasteiger partial charge in [-0.1, -0.05) is 12.1 Å². The fourth-order valence-corrected chi connectivity index (χ4v) is 4.23. The van der Waals surface area contributed by atoms with Crippen molar-refractivity contribution >= 4 is 28.6 Å². The van der Waals surface area contributed by atoms with Gasteiger partial charge in [-0.3, -0.25) is 9.67 Å². The van der Waals surface area contributed by atoms with E-state index in [0.29, 0.717) is 11.8 Å². The Morgan fingerprint density at radius 3 is 2.77 bits per heavy atom. The van der Waals surface area contributed by atoms with Gasteiger partial charge < -0.3 is 15.1 Å². The summed E-state index contributed by atoms with van der Waals surface area (Å²) in [5, 5.41) is 13.2. The van der Waals surface area contributed by atoms with Crippen molar-refractivity contribution < 1.29 is 13.2 Å². The van der Waals surface area contributed by atoms with Crippen LogP contribution in [0.1, 0.15) is 23.2 Å². The number of benzene rings is 3. The Balaban J connectivity index is 1.35. The lowest BCUT2D eigenvalue weighted by Gasteiger charge is -2.28. The van der Waals surface area contributed by atoms with Gasteiger partial charge in [0.05, 0.1) is 30.3 Å². The minimum Gasteiger partial charge on any atom is -0.421 e. The lowest BCUT2D eigenvalue weighted by Crippen LogP contribution is -2.25. The second-order valence-corrected chi connectivity index (χ2v) is 8.24. The molecule has 1 unspecified atom stereocenters. The van der Waals surface area contributed by atoms with Gasteiger partial charge in [0.1, 0.15) is 6.17 Å². The van der Waals surface area contributed by atoms with E-state index in [1.165, 1.54) is 6.07 Å². The molecule has 5 aromatic rings. The molecule has 1 aliphatic heterocycles. The van der Waals surface area contributed by atoms with Crippen molar-refractivity contribution in [2.75, 3.05) is 4.90 Å². The van der Waals surface area contributed by atoms with Crippen LogP contribution in [0.15, 0.2) is 70.2 Å². The smallest absolute Gasteiger partial charge is 0.247 e. The van der Waals surface area contributed by atoms with Crippen LogP contribution in [0, 0.1) is 18.6 Å². The first-order valence-corrected chi connectivity index (χ1v) is 10.9.